The monoisotopic (exact) mass is 296 g/mol. The van der Waals surface area contributed by atoms with Crippen LogP contribution in [0.4, 0.5) is 14.5 Å². The summed E-state index contributed by atoms with van der Waals surface area (Å²) in [5.41, 5.74) is 7.90. The molecule has 0 radical (unpaired) electrons. The van der Waals surface area contributed by atoms with E-state index in [1.165, 1.54) is 24.3 Å². The fourth-order valence-corrected chi connectivity index (χ4v) is 2.31. The van der Waals surface area contributed by atoms with Crippen LogP contribution in [-0.2, 0) is 0 Å². The Kier molecular flexibility index (Phi) is 4.57. The lowest BCUT2D eigenvalue weighted by Crippen LogP contribution is -2.21. The zero-order valence-electron chi connectivity index (χ0n) is 11.0. The van der Waals surface area contributed by atoms with Crippen molar-refractivity contribution in [1.82, 2.24) is 0 Å². The van der Waals surface area contributed by atoms with Crippen LogP contribution in [0.2, 0.25) is 5.02 Å². The van der Waals surface area contributed by atoms with E-state index in [-0.39, 0.29) is 18.4 Å². The van der Waals surface area contributed by atoms with E-state index in [1.54, 1.807) is 12.1 Å². The second kappa shape index (κ2) is 6.20. The normalized spacial score (nSPS) is 12.2. The molecule has 5 heteroatoms. The number of hydrogen-bond donors (Lipinski definition) is 2. The third-order valence-corrected chi connectivity index (χ3v) is 3.27. The average Bonchev–Trinajstić information content (AvgIpc) is 2.38. The summed E-state index contributed by atoms with van der Waals surface area (Å²) in [6.45, 7) is 2.12. The summed E-state index contributed by atoms with van der Waals surface area (Å²) in [6.07, 6.45) is 0. The first kappa shape index (κ1) is 14.8. The number of aryl methyl sites for hydroxylation is 1. The van der Waals surface area contributed by atoms with Crippen molar-refractivity contribution in [3.63, 3.8) is 0 Å². The van der Waals surface area contributed by atoms with E-state index in [9.17, 15) is 8.78 Å². The van der Waals surface area contributed by atoms with E-state index in [1.807, 2.05) is 6.92 Å². The number of nitrogens with one attached hydrogen (secondary N) is 1. The molecule has 0 aliphatic carbocycles. The van der Waals surface area contributed by atoms with Crippen molar-refractivity contribution < 1.29 is 8.78 Å². The van der Waals surface area contributed by atoms with Crippen LogP contribution < -0.4 is 11.1 Å². The average molecular weight is 297 g/mol. The second-order valence-electron chi connectivity index (χ2n) is 4.59. The van der Waals surface area contributed by atoms with Gasteiger partial charge in [-0.05, 0) is 48.4 Å². The van der Waals surface area contributed by atoms with Crippen LogP contribution in [0.5, 0.6) is 0 Å². The summed E-state index contributed by atoms with van der Waals surface area (Å²) in [6, 6.07) is 8.34. The highest BCUT2D eigenvalue weighted by Gasteiger charge is 2.13. The molecule has 0 saturated carbocycles. The zero-order chi connectivity index (χ0) is 14.7. The highest BCUT2D eigenvalue weighted by atomic mass is 35.5. The highest BCUT2D eigenvalue weighted by molar-refractivity contribution is 6.30. The molecule has 0 spiro atoms. The van der Waals surface area contributed by atoms with Crippen molar-refractivity contribution in [3.05, 3.63) is 64.2 Å². The Bertz CT molecular complexity index is 597. The molecule has 0 aliphatic rings. The molecule has 0 aliphatic heterocycles. The van der Waals surface area contributed by atoms with E-state index in [4.69, 9.17) is 17.3 Å². The molecule has 1 atom stereocenters. The van der Waals surface area contributed by atoms with Crippen molar-refractivity contribution in [2.75, 3.05) is 11.9 Å². The van der Waals surface area contributed by atoms with Gasteiger partial charge in [-0.25, -0.2) is 8.78 Å². The van der Waals surface area contributed by atoms with Crippen LogP contribution in [0, 0.1) is 18.6 Å². The molecule has 20 heavy (non-hydrogen) atoms. The van der Waals surface area contributed by atoms with Gasteiger partial charge in [-0.2, -0.15) is 0 Å². The molecule has 106 valence electrons. The van der Waals surface area contributed by atoms with Crippen molar-refractivity contribution >= 4 is 17.3 Å². The van der Waals surface area contributed by atoms with E-state index < -0.39 is 5.82 Å². The van der Waals surface area contributed by atoms with Crippen LogP contribution in [0.3, 0.4) is 0 Å². The number of anilines is 1. The Hall–Kier alpha value is -1.65. The van der Waals surface area contributed by atoms with Gasteiger partial charge in [0.2, 0.25) is 0 Å². The summed E-state index contributed by atoms with van der Waals surface area (Å²) >= 11 is 5.81. The molecule has 1 unspecified atom stereocenters. The lowest BCUT2D eigenvalue weighted by atomic mass is 10.0. The molecule has 0 aromatic heterocycles. The quantitative estimate of drug-likeness (QED) is 0.893. The molecular formula is C15H15ClF2N2. The van der Waals surface area contributed by atoms with Crippen LogP contribution in [-0.4, -0.2) is 6.54 Å². The Balaban J connectivity index is 2.31. The van der Waals surface area contributed by atoms with Gasteiger partial charge in [-0.3, -0.25) is 0 Å². The van der Waals surface area contributed by atoms with Gasteiger partial charge in [0.05, 0.1) is 6.04 Å². The maximum absolute atomic E-state index is 13.4. The molecule has 0 saturated heterocycles. The van der Waals surface area contributed by atoms with Gasteiger partial charge in [-0.1, -0.05) is 17.7 Å². The van der Waals surface area contributed by atoms with Crippen molar-refractivity contribution in [1.29, 1.82) is 0 Å². The van der Waals surface area contributed by atoms with Crippen LogP contribution in [0.1, 0.15) is 17.2 Å². The van der Waals surface area contributed by atoms with E-state index in [2.05, 4.69) is 5.32 Å². The first-order chi connectivity index (χ1) is 9.49. The van der Waals surface area contributed by atoms with Gasteiger partial charge < -0.3 is 11.1 Å². The lowest BCUT2D eigenvalue weighted by Gasteiger charge is -2.21. The van der Waals surface area contributed by atoms with Gasteiger partial charge >= 0.3 is 0 Å². The van der Waals surface area contributed by atoms with E-state index in [0.717, 1.165) is 11.1 Å². The number of benzene rings is 2. The molecule has 2 aromatic carbocycles. The van der Waals surface area contributed by atoms with Crippen molar-refractivity contribution in [2.24, 2.45) is 5.73 Å². The largest absolute Gasteiger partial charge is 0.377 e. The van der Waals surface area contributed by atoms with E-state index in [0.29, 0.717) is 10.7 Å². The Morgan fingerprint density at radius 2 is 1.90 bits per heavy atom. The summed E-state index contributed by atoms with van der Waals surface area (Å²) in [4.78, 5) is 0. The molecule has 0 amide bonds. The molecule has 0 heterocycles. The predicted octanol–water partition coefficient (Wildman–Crippen LogP) is 4.04. The molecule has 2 rings (SSSR count). The first-order valence-corrected chi connectivity index (χ1v) is 6.56. The molecule has 0 fully saturated rings. The Morgan fingerprint density at radius 3 is 2.55 bits per heavy atom. The summed E-state index contributed by atoms with van der Waals surface area (Å²) in [5.74, 6) is -0.769. The fraction of sp³-hybridized carbons (Fsp3) is 0.200. The lowest BCUT2D eigenvalue weighted by molar-refractivity contribution is 0.620. The van der Waals surface area contributed by atoms with E-state index >= 15 is 0 Å². The van der Waals surface area contributed by atoms with Gasteiger partial charge in [0.1, 0.15) is 11.6 Å². The van der Waals surface area contributed by atoms with Gasteiger partial charge in [0.25, 0.3) is 0 Å². The molecule has 2 aromatic rings. The number of rotatable bonds is 4. The minimum Gasteiger partial charge on any atom is -0.377 e. The van der Waals surface area contributed by atoms with Gasteiger partial charge in [0, 0.05) is 17.3 Å². The summed E-state index contributed by atoms with van der Waals surface area (Å²) in [5, 5.41) is 3.37. The molecule has 0 bridgehead atoms. The maximum Gasteiger partial charge on any atom is 0.126 e. The SMILES string of the molecule is Cc1ccc(F)cc1C(CN)Nc1cc(F)cc(Cl)c1. The molecular weight excluding hydrogens is 282 g/mol. The number of hydrogen-bond acceptors (Lipinski definition) is 2. The zero-order valence-corrected chi connectivity index (χ0v) is 11.7. The fourth-order valence-electron chi connectivity index (χ4n) is 2.09. The first-order valence-electron chi connectivity index (χ1n) is 6.18. The molecule has 3 N–H and O–H groups in total. The maximum atomic E-state index is 13.4. The summed E-state index contributed by atoms with van der Waals surface area (Å²) < 4.78 is 26.7. The van der Waals surface area contributed by atoms with Crippen molar-refractivity contribution in [3.8, 4) is 0 Å². The Labute approximate surface area is 121 Å². The summed E-state index contributed by atoms with van der Waals surface area (Å²) in [7, 11) is 0. The van der Waals surface area contributed by atoms with Crippen LogP contribution in [0.25, 0.3) is 0 Å². The highest BCUT2D eigenvalue weighted by Crippen LogP contribution is 2.25. The minimum atomic E-state index is -0.438. The van der Waals surface area contributed by atoms with Crippen LogP contribution in [0.15, 0.2) is 36.4 Å². The Morgan fingerprint density at radius 1 is 1.15 bits per heavy atom. The topological polar surface area (TPSA) is 38.0 Å². The van der Waals surface area contributed by atoms with Crippen molar-refractivity contribution in [2.45, 2.75) is 13.0 Å². The van der Waals surface area contributed by atoms with Crippen LogP contribution >= 0.6 is 11.6 Å². The smallest absolute Gasteiger partial charge is 0.126 e. The van der Waals surface area contributed by atoms with Gasteiger partial charge in [-0.15, -0.1) is 0 Å². The van der Waals surface area contributed by atoms with Gasteiger partial charge in [0.15, 0.2) is 0 Å². The number of halogens is 3. The predicted molar refractivity (Wildman–Crippen MR) is 78.0 cm³/mol. The molecule has 2 nitrogen and oxygen atoms in total. The standard InChI is InChI=1S/C15H15ClF2N2/c1-9-2-3-11(17)7-14(9)15(8-19)20-13-5-10(16)4-12(18)6-13/h2-7,15,20H,8,19H2,1H3. The third-order valence-electron chi connectivity index (χ3n) is 3.06. The second-order valence-corrected chi connectivity index (χ2v) is 5.03. The third kappa shape index (κ3) is 3.46. The number of nitrogens with two attached hydrogens (primary N) is 1. The minimum absolute atomic E-state index is 0.248.